The third kappa shape index (κ3) is 6.47. The van der Waals surface area contributed by atoms with Gasteiger partial charge in [0.15, 0.2) is 0 Å². The zero-order valence-corrected chi connectivity index (χ0v) is 12.0. The number of likely N-dealkylation sites (tertiary alicyclic amines) is 1. The molecule has 21 heavy (non-hydrogen) atoms. The van der Waals surface area contributed by atoms with Crippen molar-refractivity contribution < 1.29 is 36.6 Å². The van der Waals surface area contributed by atoms with Gasteiger partial charge in [-0.3, -0.25) is 0 Å². The zero-order valence-electron chi connectivity index (χ0n) is 12.0. The lowest BCUT2D eigenvalue weighted by atomic mass is 10.2. The van der Waals surface area contributed by atoms with E-state index in [2.05, 4.69) is 9.47 Å². The highest BCUT2D eigenvalue weighted by atomic mass is 19.3. The van der Waals surface area contributed by atoms with E-state index in [0.717, 1.165) is 4.90 Å². The predicted octanol–water partition coefficient (Wildman–Crippen LogP) is 2.84. The Hall–Kier alpha value is -1.09. The number of nitrogens with zero attached hydrogens (tertiary/aromatic N) is 1. The number of alkyl halides is 4. The molecular formula is C12H19F4NO4. The Labute approximate surface area is 120 Å². The van der Waals surface area contributed by atoms with Crippen LogP contribution >= 0.6 is 0 Å². The van der Waals surface area contributed by atoms with E-state index in [1.165, 1.54) is 0 Å². The fourth-order valence-corrected chi connectivity index (χ4v) is 2.00. The molecule has 0 aromatic rings. The van der Waals surface area contributed by atoms with E-state index >= 15 is 0 Å². The molecule has 0 bridgehead atoms. The van der Waals surface area contributed by atoms with E-state index in [1.807, 2.05) is 0 Å². The Kier molecular flexibility index (Phi) is 6.21. The van der Waals surface area contributed by atoms with E-state index < -0.39 is 43.7 Å². The van der Waals surface area contributed by atoms with Crippen LogP contribution in [0.3, 0.4) is 0 Å². The van der Waals surface area contributed by atoms with Gasteiger partial charge in [0.25, 0.3) is 0 Å². The second-order valence-electron chi connectivity index (χ2n) is 5.63. The minimum atomic E-state index is -3.00. The summed E-state index contributed by atoms with van der Waals surface area (Å²) < 4.78 is 62.2. The number of amides is 1. The summed E-state index contributed by atoms with van der Waals surface area (Å²) >= 11 is 0. The Bertz CT molecular complexity index is 349. The van der Waals surface area contributed by atoms with Crippen LogP contribution in [0.4, 0.5) is 22.4 Å². The quantitative estimate of drug-likeness (QED) is 0.732. The molecule has 0 aliphatic carbocycles. The third-order valence-corrected chi connectivity index (χ3v) is 2.71. The van der Waals surface area contributed by atoms with Gasteiger partial charge >= 0.3 is 19.3 Å². The van der Waals surface area contributed by atoms with Gasteiger partial charge in [-0.1, -0.05) is 0 Å². The van der Waals surface area contributed by atoms with Crippen molar-refractivity contribution in [2.75, 3.05) is 13.2 Å². The highest BCUT2D eigenvalue weighted by Gasteiger charge is 2.39. The maximum atomic E-state index is 12.2. The Balaban J connectivity index is 2.68. The second kappa shape index (κ2) is 7.26. The molecule has 2 atom stereocenters. The van der Waals surface area contributed by atoms with Crippen molar-refractivity contribution in [2.45, 2.75) is 58.2 Å². The molecule has 0 saturated carbocycles. The number of hydrogen-bond donors (Lipinski definition) is 0. The summed E-state index contributed by atoms with van der Waals surface area (Å²) in [5, 5.41) is 0. The predicted molar refractivity (Wildman–Crippen MR) is 64.2 cm³/mol. The molecule has 124 valence electrons. The molecule has 1 fully saturated rings. The fourth-order valence-electron chi connectivity index (χ4n) is 2.00. The summed E-state index contributed by atoms with van der Waals surface area (Å²) in [6.45, 7) is -1.71. The summed E-state index contributed by atoms with van der Waals surface area (Å²) in [6.07, 6.45) is -1.73. The smallest absolute Gasteiger partial charge is 0.410 e. The molecular weight excluding hydrogens is 298 g/mol. The minimum absolute atomic E-state index is 0.0176. The number of carbonyl (C=O) groups excluding carboxylic acids is 1. The molecule has 0 spiro atoms. The highest BCUT2D eigenvalue weighted by molar-refractivity contribution is 5.69. The van der Waals surface area contributed by atoms with Gasteiger partial charge in [-0.2, -0.15) is 17.6 Å². The van der Waals surface area contributed by atoms with Crippen molar-refractivity contribution in [1.82, 2.24) is 4.90 Å². The first-order valence-electron chi connectivity index (χ1n) is 6.41. The molecule has 1 rings (SSSR count). The molecule has 0 unspecified atom stereocenters. The maximum Gasteiger partial charge on any atom is 0.410 e. The molecule has 1 aliphatic heterocycles. The van der Waals surface area contributed by atoms with E-state index in [0.29, 0.717) is 0 Å². The number of hydrogen-bond acceptors (Lipinski definition) is 4. The minimum Gasteiger partial charge on any atom is -0.444 e. The summed E-state index contributed by atoms with van der Waals surface area (Å²) in [6, 6.07) is -0.794. The van der Waals surface area contributed by atoms with Crippen LogP contribution in [-0.2, 0) is 14.2 Å². The van der Waals surface area contributed by atoms with Gasteiger partial charge in [0.2, 0.25) is 0 Å². The van der Waals surface area contributed by atoms with Crippen molar-refractivity contribution >= 4 is 6.09 Å². The Morgan fingerprint density at radius 3 is 2.33 bits per heavy atom. The van der Waals surface area contributed by atoms with Crippen molar-refractivity contribution in [2.24, 2.45) is 0 Å². The number of ether oxygens (including phenoxy) is 3. The molecule has 1 heterocycles. The SMILES string of the molecule is CC(C)(C)OC(=O)N1C[C@@H](OC(F)F)C[C@H]1COC(F)F. The van der Waals surface area contributed by atoms with Gasteiger partial charge < -0.3 is 19.1 Å². The van der Waals surface area contributed by atoms with Crippen molar-refractivity contribution in [3.05, 3.63) is 0 Å². The van der Waals surface area contributed by atoms with Gasteiger partial charge in [-0.15, -0.1) is 0 Å². The lowest BCUT2D eigenvalue weighted by Gasteiger charge is -2.28. The van der Waals surface area contributed by atoms with Crippen LogP contribution in [0.15, 0.2) is 0 Å². The molecule has 5 nitrogen and oxygen atoms in total. The van der Waals surface area contributed by atoms with Crippen LogP contribution in [0.2, 0.25) is 0 Å². The second-order valence-corrected chi connectivity index (χ2v) is 5.63. The molecule has 1 saturated heterocycles. The largest absolute Gasteiger partial charge is 0.444 e. The zero-order chi connectivity index (χ0) is 16.2. The van der Waals surface area contributed by atoms with Crippen LogP contribution in [-0.4, -0.2) is 55.1 Å². The fraction of sp³-hybridized carbons (Fsp3) is 0.917. The molecule has 0 N–H and O–H groups in total. The summed E-state index contributed by atoms with van der Waals surface area (Å²) in [4.78, 5) is 13.0. The molecule has 1 amide bonds. The number of halogens is 4. The molecule has 0 aromatic heterocycles. The molecule has 0 radical (unpaired) electrons. The van der Waals surface area contributed by atoms with Crippen molar-refractivity contribution in [3.63, 3.8) is 0 Å². The highest BCUT2D eigenvalue weighted by Crippen LogP contribution is 2.25. The van der Waals surface area contributed by atoms with Crippen LogP contribution in [0.25, 0.3) is 0 Å². The van der Waals surface area contributed by atoms with Gasteiger partial charge in [0, 0.05) is 0 Å². The van der Waals surface area contributed by atoms with E-state index in [1.54, 1.807) is 20.8 Å². The van der Waals surface area contributed by atoms with E-state index in [4.69, 9.17) is 4.74 Å². The molecule has 0 aromatic carbocycles. The molecule has 9 heteroatoms. The lowest BCUT2D eigenvalue weighted by molar-refractivity contribution is -0.160. The summed E-state index contributed by atoms with van der Waals surface area (Å²) in [7, 11) is 0. The van der Waals surface area contributed by atoms with Gasteiger partial charge in [-0.25, -0.2) is 4.79 Å². The van der Waals surface area contributed by atoms with Crippen molar-refractivity contribution in [1.29, 1.82) is 0 Å². The van der Waals surface area contributed by atoms with Crippen molar-refractivity contribution in [3.8, 4) is 0 Å². The first-order valence-corrected chi connectivity index (χ1v) is 6.41. The first-order chi connectivity index (χ1) is 9.58. The topological polar surface area (TPSA) is 48.0 Å². The van der Waals surface area contributed by atoms with Gasteiger partial charge in [0.05, 0.1) is 25.3 Å². The average Bonchev–Trinajstić information content (AvgIpc) is 2.66. The molecule has 1 aliphatic rings. The van der Waals surface area contributed by atoms with Gasteiger partial charge in [0.1, 0.15) is 5.60 Å². The van der Waals surface area contributed by atoms with E-state index in [-0.39, 0.29) is 13.0 Å². The monoisotopic (exact) mass is 317 g/mol. The van der Waals surface area contributed by atoms with Crippen LogP contribution in [0.5, 0.6) is 0 Å². The van der Waals surface area contributed by atoms with Crippen LogP contribution < -0.4 is 0 Å². The number of rotatable bonds is 5. The summed E-state index contributed by atoms with van der Waals surface area (Å²) in [5.41, 5.74) is -0.785. The number of carbonyl (C=O) groups is 1. The Morgan fingerprint density at radius 2 is 1.86 bits per heavy atom. The van der Waals surface area contributed by atoms with Gasteiger partial charge in [-0.05, 0) is 27.2 Å². The van der Waals surface area contributed by atoms with E-state index in [9.17, 15) is 22.4 Å². The lowest BCUT2D eigenvalue weighted by Crippen LogP contribution is -2.42. The van der Waals surface area contributed by atoms with Crippen LogP contribution in [0.1, 0.15) is 27.2 Å². The third-order valence-electron chi connectivity index (χ3n) is 2.71. The average molecular weight is 317 g/mol. The summed E-state index contributed by atoms with van der Waals surface area (Å²) in [5.74, 6) is 0. The standard InChI is InChI=1S/C12H19F4NO4/c1-12(2,3)21-11(18)17-5-8(20-10(15)16)4-7(17)6-19-9(13)14/h7-10H,4-6H2,1-3H3/t7-,8-/m0/s1. The Morgan fingerprint density at radius 1 is 1.24 bits per heavy atom. The maximum absolute atomic E-state index is 12.2. The first kappa shape index (κ1) is 18.0. The van der Waals surface area contributed by atoms with Crippen LogP contribution in [0, 0.1) is 0 Å². The normalized spacial score (nSPS) is 23.2.